The van der Waals surface area contributed by atoms with Gasteiger partial charge in [-0.05, 0) is 54.8 Å². The van der Waals surface area contributed by atoms with E-state index >= 15 is 0 Å². The Balaban J connectivity index is 0.00000176. The molecule has 1 aliphatic rings. The van der Waals surface area contributed by atoms with E-state index in [4.69, 9.17) is 0 Å². The van der Waals surface area contributed by atoms with Crippen LogP contribution in [-0.2, 0) is 10.0 Å². The van der Waals surface area contributed by atoms with Crippen molar-refractivity contribution in [2.24, 2.45) is 5.92 Å². The first-order valence-electron chi connectivity index (χ1n) is 7.34. The van der Waals surface area contributed by atoms with Crippen LogP contribution in [0.3, 0.4) is 0 Å². The fourth-order valence-corrected chi connectivity index (χ4v) is 3.86. The Morgan fingerprint density at radius 1 is 1.14 bits per heavy atom. The van der Waals surface area contributed by atoms with Gasteiger partial charge in [-0.3, -0.25) is 0 Å². The summed E-state index contributed by atoms with van der Waals surface area (Å²) in [6.45, 7) is 2.54. The lowest BCUT2D eigenvalue weighted by Gasteiger charge is -2.10. The number of fused-ring (bicyclic) bond motifs is 1. The van der Waals surface area contributed by atoms with E-state index < -0.39 is 10.0 Å². The fourth-order valence-electron chi connectivity index (χ4n) is 2.78. The molecule has 4 nitrogen and oxygen atoms in total. The minimum absolute atomic E-state index is 0. The maximum absolute atomic E-state index is 12.3. The van der Waals surface area contributed by atoms with E-state index in [2.05, 4.69) is 10.0 Å². The molecule has 120 valence electrons. The summed E-state index contributed by atoms with van der Waals surface area (Å²) in [6.07, 6.45) is 2.03. The molecular weight excluding hydrogens is 320 g/mol. The van der Waals surface area contributed by atoms with Crippen LogP contribution in [-0.4, -0.2) is 28.1 Å². The van der Waals surface area contributed by atoms with Crippen molar-refractivity contribution in [2.75, 3.05) is 19.6 Å². The van der Waals surface area contributed by atoms with Gasteiger partial charge < -0.3 is 5.32 Å². The number of benzene rings is 2. The molecule has 2 aromatic carbocycles. The molecule has 0 radical (unpaired) electrons. The summed E-state index contributed by atoms with van der Waals surface area (Å²) in [5, 5.41) is 5.29. The van der Waals surface area contributed by atoms with Crippen molar-refractivity contribution in [2.45, 2.75) is 17.7 Å². The van der Waals surface area contributed by atoms with Gasteiger partial charge in [0.15, 0.2) is 0 Å². The van der Waals surface area contributed by atoms with E-state index in [9.17, 15) is 8.42 Å². The standard InChI is InChI=1S/C16H20N2O2S.ClH/c19-21(20,18-10-8-13-7-9-17-12-13)16-6-5-14-3-1-2-4-15(14)11-16;/h1-6,11,13,17-18H,7-10,12H2;1H. The number of rotatable bonds is 5. The largest absolute Gasteiger partial charge is 0.316 e. The Labute approximate surface area is 137 Å². The molecule has 6 heteroatoms. The molecule has 1 aliphatic heterocycles. The van der Waals surface area contributed by atoms with Crippen molar-refractivity contribution < 1.29 is 8.42 Å². The Bertz CT molecular complexity index is 728. The normalized spacial score (nSPS) is 18.3. The van der Waals surface area contributed by atoms with Gasteiger partial charge in [-0.1, -0.05) is 30.3 Å². The van der Waals surface area contributed by atoms with Crippen LogP contribution in [0.1, 0.15) is 12.8 Å². The average molecular weight is 341 g/mol. The van der Waals surface area contributed by atoms with E-state index in [1.807, 2.05) is 30.3 Å². The second kappa shape index (κ2) is 7.42. The van der Waals surface area contributed by atoms with Crippen LogP contribution in [0.15, 0.2) is 47.4 Å². The van der Waals surface area contributed by atoms with E-state index in [0.717, 1.165) is 36.7 Å². The summed E-state index contributed by atoms with van der Waals surface area (Å²) in [6, 6.07) is 13.0. The van der Waals surface area contributed by atoms with Gasteiger partial charge in [0, 0.05) is 6.54 Å². The molecule has 1 fully saturated rings. The Hall–Kier alpha value is -1.14. The molecule has 1 atom stereocenters. The van der Waals surface area contributed by atoms with Gasteiger partial charge in [-0.15, -0.1) is 12.4 Å². The average Bonchev–Trinajstić information content (AvgIpc) is 3.00. The van der Waals surface area contributed by atoms with Gasteiger partial charge in [0.25, 0.3) is 0 Å². The number of hydrogen-bond donors (Lipinski definition) is 2. The number of halogens is 1. The number of nitrogens with one attached hydrogen (secondary N) is 2. The number of sulfonamides is 1. The molecule has 1 heterocycles. The maximum Gasteiger partial charge on any atom is 0.240 e. The van der Waals surface area contributed by atoms with E-state index in [-0.39, 0.29) is 12.4 Å². The summed E-state index contributed by atoms with van der Waals surface area (Å²) in [5.74, 6) is 0.587. The SMILES string of the molecule is Cl.O=S(=O)(NCCC1CCNC1)c1ccc2ccccc2c1. The smallest absolute Gasteiger partial charge is 0.240 e. The topological polar surface area (TPSA) is 58.2 Å². The first-order chi connectivity index (χ1) is 10.1. The summed E-state index contributed by atoms with van der Waals surface area (Å²) >= 11 is 0. The minimum atomic E-state index is -3.41. The van der Waals surface area contributed by atoms with Crippen molar-refractivity contribution >= 4 is 33.2 Å². The van der Waals surface area contributed by atoms with Crippen molar-refractivity contribution in [3.63, 3.8) is 0 Å². The first kappa shape index (κ1) is 17.2. The van der Waals surface area contributed by atoms with Gasteiger partial charge >= 0.3 is 0 Å². The zero-order valence-electron chi connectivity index (χ0n) is 12.3. The zero-order valence-corrected chi connectivity index (χ0v) is 13.9. The van der Waals surface area contributed by atoms with E-state index in [0.29, 0.717) is 17.4 Å². The van der Waals surface area contributed by atoms with Gasteiger partial charge in [0.05, 0.1) is 4.90 Å². The molecular formula is C16H21ClN2O2S. The van der Waals surface area contributed by atoms with Crippen LogP contribution >= 0.6 is 12.4 Å². The summed E-state index contributed by atoms with van der Waals surface area (Å²) in [7, 11) is -3.41. The van der Waals surface area contributed by atoms with Crippen LogP contribution in [0.5, 0.6) is 0 Å². The van der Waals surface area contributed by atoms with Crippen LogP contribution in [0, 0.1) is 5.92 Å². The molecule has 22 heavy (non-hydrogen) atoms. The second-order valence-electron chi connectivity index (χ2n) is 5.55. The third-order valence-electron chi connectivity index (χ3n) is 4.04. The highest BCUT2D eigenvalue weighted by Gasteiger charge is 2.17. The van der Waals surface area contributed by atoms with Crippen molar-refractivity contribution in [3.05, 3.63) is 42.5 Å². The lowest BCUT2D eigenvalue weighted by Crippen LogP contribution is -2.26. The van der Waals surface area contributed by atoms with Crippen molar-refractivity contribution in [3.8, 4) is 0 Å². The highest BCUT2D eigenvalue weighted by molar-refractivity contribution is 7.89. The minimum Gasteiger partial charge on any atom is -0.316 e. The van der Waals surface area contributed by atoms with Crippen LogP contribution in [0.4, 0.5) is 0 Å². The Kier molecular flexibility index (Phi) is 5.81. The molecule has 1 saturated heterocycles. The number of hydrogen-bond acceptors (Lipinski definition) is 3. The maximum atomic E-state index is 12.3. The highest BCUT2D eigenvalue weighted by atomic mass is 35.5. The predicted octanol–water partition coefficient (Wildman–Crippen LogP) is 2.54. The van der Waals surface area contributed by atoms with Crippen LogP contribution in [0.25, 0.3) is 10.8 Å². The third-order valence-corrected chi connectivity index (χ3v) is 5.50. The van der Waals surface area contributed by atoms with Gasteiger partial charge in [-0.25, -0.2) is 13.1 Å². The molecule has 2 N–H and O–H groups in total. The molecule has 0 saturated carbocycles. The molecule has 1 unspecified atom stereocenters. The van der Waals surface area contributed by atoms with Crippen molar-refractivity contribution in [1.82, 2.24) is 10.0 Å². The molecule has 0 amide bonds. The predicted molar refractivity (Wildman–Crippen MR) is 92.0 cm³/mol. The lowest BCUT2D eigenvalue weighted by atomic mass is 10.1. The highest BCUT2D eigenvalue weighted by Crippen LogP contribution is 2.19. The fraction of sp³-hybridized carbons (Fsp3) is 0.375. The van der Waals surface area contributed by atoms with Gasteiger partial charge in [0.2, 0.25) is 10.0 Å². The van der Waals surface area contributed by atoms with E-state index in [1.54, 1.807) is 12.1 Å². The summed E-state index contributed by atoms with van der Waals surface area (Å²) in [4.78, 5) is 0.339. The summed E-state index contributed by atoms with van der Waals surface area (Å²) in [5.41, 5.74) is 0. The third kappa shape index (κ3) is 3.98. The molecule has 3 rings (SSSR count). The van der Waals surface area contributed by atoms with Crippen LogP contribution in [0.2, 0.25) is 0 Å². The van der Waals surface area contributed by atoms with Crippen molar-refractivity contribution in [1.29, 1.82) is 0 Å². The monoisotopic (exact) mass is 340 g/mol. The van der Waals surface area contributed by atoms with Crippen LogP contribution < -0.4 is 10.0 Å². The quantitative estimate of drug-likeness (QED) is 0.879. The molecule has 0 aliphatic carbocycles. The lowest BCUT2D eigenvalue weighted by molar-refractivity contribution is 0.519. The summed E-state index contributed by atoms with van der Waals surface area (Å²) < 4.78 is 27.4. The molecule has 0 bridgehead atoms. The van der Waals surface area contributed by atoms with Gasteiger partial charge in [0.1, 0.15) is 0 Å². The molecule has 0 spiro atoms. The second-order valence-corrected chi connectivity index (χ2v) is 7.32. The molecule has 0 aromatic heterocycles. The molecule has 2 aromatic rings. The zero-order chi connectivity index (χ0) is 14.7. The van der Waals surface area contributed by atoms with Gasteiger partial charge in [-0.2, -0.15) is 0 Å². The first-order valence-corrected chi connectivity index (χ1v) is 8.83. The van der Waals surface area contributed by atoms with E-state index in [1.165, 1.54) is 0 Å². The Morgan fingerprint density at radius 2 is 1.91 bits per heavy atom. The Morgan fingerprint density at radius 3 is 2.64 bits per heavy atom.